The Morgan fingerprint density at radius 1 is 1.04 bits per heavy atom. The third-order valence-corrected chi connectivity index (χ3v) is 13.0. The van der Waals surface area contributed by atoms with Gasteiger partial charge in [0.05, 0.1) is 60.5 Å². The summed E-state index contributed by atoms with van der Waals surface area (Å²) >= 11 is 0. The van der Waals surface area contributed by atoms with Gasteiger partial charge in [-0.2, -0.15) is 0 Å². The molecule has 5 heterocycles. The molecule has 5 fully saturated rings. The molecule has 0 bridgehead atoms. The van der Waals surface area contributed by atoms with Crippen LogP contribution < -0.4 is 34.7 Å². The van der Waals surface area contributed by atoms with E-state index in [1.807, 2.05) is 20.8 Å². The molecule has 0 radical (unpaired) electrons. The molecule has 272 valence electrons. The zero-order valence-corrected chi connectivity index (χ0v) is 33.0. The molecule has 0 saturated carbocycles. The summed E-state index contributed by atoms with van der Waals surface area (Å²) in [6.07, 6.45) is 2.81. The molecule has 5 aliphatic rings. The van der Waals surface area contributed by atoms with Crippen LogP contribution in [0.4, 0.5) is 0 Å². The molecule has 5 saturated heterocycles. The summed E-state index contributed by atoms with van der Waals surface area (Å²) in [7, 11) is 1.50. The van der Waals surface area contributed by atoms with E-state index in [1.165, 1.54) is 7.11 Å². The van der Waals surface area contributed by atoms with Crippen LogP contribution in [0.15, 0.2) is 0 Å². The van der Waals surface area contributed by atoms with Crippen molar-refractivity contribution in [3.63, 3.8) is 0 Å². The van der Waals surface area contributed by atoms with E-state index in [9.17, 15) is 25.2 Å². The maximum atomic E-state index is 11.7. The van der Waals surface area contributed by atoms with Gasteiger partial charge in [-0.1, -0.05) is 48.5 Å². The average molecular weight is 693 g/mol. The Morgan fingerprint density at radius 2 is 1.73 bits per heavy atom. The number of rotatable bonds is 10. The third kappa shape index (κ3) is 7.33. The van der Waals surface area contributed by atoms with E-state index >= 15 is 0 Å². The van der Waals surface area contributed by atoms with Crippen LogP contribution >= 0.6 is 0 Å². The van der Waals surface area contributed by atoms with Gasteiger partial charge < -0.3 is 53.6 Å². The predicted molar refractivity (Wildman–Crippen MR) is 170 cm³/mol. The molecule has 0 aromatic rings. The molecule has 0 aromatic heterocycles. The second-order valence-electron chi connectivity index (χ2n) is 16.3. The van der Waals surface area contributed by atoms with E-state index in [4.69, 9.17) is 28.4 Å². The maximum Gasteiger partial charge on any atom is 1.00 e. The van der Waals surface area contributed by atoms with Gasteiger partial charge in [-0.15, -0.1) is 0 Å². The number of aliphatic hydroxyl groups is 3. The molecule has 0 amide bonds. The number of methoxy groups -OCH3 is 1. The zero-order chi connectivity index (χ0) is 34.7. The number of carboxylic acid groups (broad SMARTS) is 1. The first-order chi connectivity index (χ1) is 22.0. The van der Waals surface area contributed by atoms with Crippen LogP contribution in [0.5, 0.6) is 0 Å². The van der Waals surface area contributed by atoms with Crippen LogP contribution in [0.3, 0.4) is 0 Å². The van der Waals surface area contributed by atoms with Crippen LogP contribution in [-0.2, 0) is 33.2 Å². The molecule has 3 N–H and O–H groups in total. The zero-order valence-electron chi connectivity index (χ0n) is 31.0. The van der Waals surface area contributed by atoms with Crippen molar-refractivity contribution in [1.82, 2.24) is 0 Å². The van der Waals surface area contributed by atoms with Gasteiger partial charge in [-0.05, 0) is 57.3 Å². The van der Waals surface area contributed by atoms with E-state index in [0.717, 1.165) is 32.1 Å². The van der Waals surface area contributed by atoms with Crippen LogP contribution in [0.25, 0.3) is 0 Å². The number of carbonyl (C=O) groups excluding carboxylic acids is 1. The molecular formula is C36H61NaO11. The summed E-state index contributed by atoms with van der Waals surface area (Å²) in [4.78, 5) is 11.7. The largest absolute Gasteiger partial charge is 1.00 e. The van der Waals surface area contributed by atoms with E-state index in [-0.39, 0.29) is 83.6 Å². The van der Waals surface area contributed by atoms with Gasteiger partial charge in [0.1, 0.15) is 0 Å². The van der Waals surface area contributed by atoms with Gasteiger partial charge in [-0.25, -0.2) is 0 Å². The molecule has 11 nitrogen and oxygen atoms in total. The second kappa shape index (κ2) is 15.2. The van der Waals surface area contributed by atoms with Gasteiger partial charge in [0.25, 0.3) is 0 Å². The minimum atomic E-state index is -1.57. The fourth-order valence-corrected chi connectivity index (χ4v) is 9.91. The quantitative estimate of drug-likeness (QED) is 0.264. The maximum absolute atomic E-state index is 11.7. The van der Waals surface area contributed by atoms with Crippen molar-refractivity contribution in [2.75, 3.05) is 13.7 Å². The Bertz CT molecular complexity index is 1110. The summed E-state index contributed by atoms with van der Waals surface area (Å²) in [5.41, 5.74) is -1.16. The SMILES string of the molecule is CC[C@@]1([C@@H]2OC(C3O[C@@](O)(CO)[C@H](C)C[C@@H]3C)C[C@@H]2C)CCC(C2(C)CCC3(C[C@H](O)[C@@H](C)[C@@H]([C@@H](C)[C@H](OC)C(C)C(=O)[O-])O3)O2)O1.[Na+]. The van der Waals surface area contributed by atoms with Crippen molar-refractivity contribution in [3.8, 4) is 0 Å². The number of hydrogen-bond donors (Lipinski definition) is 3. The fraction of sp³-hybridized carbons (Fsp3) is 0.972. The number of aliphatic hydroxyl groups excluding tert-OH is 2. The van der Waals surface area contributed by atoms with Crippen molar-refractivity contribution in [3.05, 3.63) is 0 Å². The van der Waals surface area contributed by atoms with Crippen LogP contribution in [0, 0.1) is 35.5 Å². The molecular weight excluding hydrogens is 631 g/mol. The normalized spacial score (nSPS) is 49.8. The topological polar surface area (TPSA) is 156 Å². The third-order valence-electron chi connectivity index (χ3n) is 13.0. The summed E-state index contributed by atoms with van der Waals surface area (Å²) in [6, 6.07) is 0. The van der Waals surface area contributed by atoms with Crippen LogP contribution in [0.2, 0.25) is 0 Å². The number of carbonyl (C=O) groups is 1. The first-order valence-corrected chi connectivity index (χ1v) is 18.1. The number of aliphatic carboxylic acids is 1. The van der Waals surface area contributed by atoms with Gasteiger partial charge in [-0.3, -0.25) is 0 Å². The minimum Gasteiger partial charge on any atom is -0.550 e. The summed E-state index contributed by atoms with van der Waals surface area (Å²) in [5.74, 6) is -4.97. The van der Waals surface area contributed by atoms with E-state index in [2.05, 4.69) is 27.7 Å². The molecule has 5 rings (SSSR count). The monoisotopic (exact) mass is 692 g/mol. The molecule has 0 aliphatic carbocycles. The average Bonchev–Trinajstić information content (AvgIpc) is 3.73. The molecule has 1 spiro atoms. The summed E-state index contributed by atoms with van der Waals surface area (Å²) in [6.45, 7) is 15.4. The van der Waals surface area contributed by atoms with Gasteiger partial charge in [0.2, 0.25) is 0 Å². The predicted octanol–water partition coefficient (Wildman–Crippen LogP) is -0.0578. The van der Waals surface area contributed by atoms with Gasteiger partial charge >= 0.3 is 29.6 Å². The van der Waals surface area contributed by atoms with Crippen molar-refractivity contribution >= 4 is 5.97 Å². The molecule has 5 aliphatic heterocycles. The Hall–Kier alpha value is 0.110. The fourth-order valence-electron chi connectivity index (χ4n) is 9.91. The van der Waals surface area contributed by atoms with Crippen molar-refractivity contribution in [2.24, 2.45) is 35.5 Å². The van der Waals surface area contributed by atoms with Crippen LogP contribution in [-0.4, -0.2) is 101 Å². The molecule has 12 heteroatoms. The van der Waals surface area contributed by atoms with Gasteiger partial charge in [0.15, 0.2) is 11.6 Å². The molecule has 0 aromatic carbocycles. The van der Waals surface area contributed by atoms with Crippen molar-refractivity contribution in [1.29, 1.82) is 0 Å². The van der Waals surface area contributed by atoms with Crippen molar-refractivity contribution in [2.45, 2.75) is 172 Å². The Kier molecular flexibility index (Phi) is 13.0. The first kappa shape index (κ1) is 40.9. The Morgan fingerprint density at radius 3 is 2.33 bits per heavy atom. The molecule has 17 atom stereocenters. The smallest absolute Gasteiger partial charge is 0.550 e. The number of hydrogen-bond acceptors (Lipinski definition) is 11. The molecule has 6 unspecified atom stereocenters. The van der Waals surface area contributed by atoms with Crippen molar-refractivity contribution < 1.29 is 83.2 Å². The van der Waals surface area contributed by atoms with E-state index < -0.39 is 59.6 Å². The van der Waals surface area contributed by atoms with Gasteiger partial charge in [0, 0.05) is 49.6 Å². The van der Waals surface area contributed by atoms with Crippen LogP contribution in [0.1, 0.15) is 107 Å². The Balaban J connectivity index is 0.00000520. The first-order valence-electron chi connectivity index (χ1n) is 18.1. The summed E-state index contributed by atoms with van der Waals surface area (Å²) in [5, 5.41) is 43.9. The second-order valence-corrected chi connectivity index (χ2v) is 16.3. The van der Waals surface area contributed by atoms with E-state index in [1.54, 1.807) is 6.92 Å². The van der Waals surface area contributed by atoms with E-state index in [0.29, 0.717) is 19.3 Å². The number of ether oxygens (including phenoxy) is 6. The minimum absolute atomic E-state index is 0. The summed E-state index contributed by atoms with van der Waals surface area (Å²) < 4.78 is 39.3. The standard InChI is InChI=1S/C36H62O11.Na/c1-10-34(31-20(3)16-26(43-31)28-19(2)15-21(4)36(41,18-37)46-28)12-11-27(44-34)33(8)13-14-35(47-33)17-25(38)22(5)30(45-35)23(6)29(42-9)24(7)32(39)40;/h19-31,37-38,41H,10-18H2,1-9H3,(H,39,40);/q;+1/p-1/t19-,20-,21+,22+,23-,24?,25-,26?,27?,28?,29-,30-,31+,33?,34-,35?,36-;/m0./s1. The Labute approximate surface area is 309 Å². The molecule has 48 heavy (non-hydrogen) atoms. The number of carboxylic acids is 1.